The number of benzene rings is 2. The van der Waals surface area contributed by atoms with E-state index in [-0.39, 0.29) is 33.9 Å². The maximum Gasteiger partial charge on any atom is 0.277 e. The van der Waals surface area contributed by atoms with Crippen molar-refractivity contribution in [1.82, 2.24) is 9.97 Å². The van der Waals surface area contributed by atoms with Gasteiger partial charge in [0, 0.05) is 5.56 Å². The molecule has 9 nitrogen and oxygen atoms in total. The minimum atomic E-state index is -0.683. The lowest BCUT2D eigenvalue weighted by molar-refractivity contribution is -0.113. The Bertz CT molecular complexity index is 1180. The van der Waals surface area contributed by atoms with E-state index in [1.807, 2.05) is 6.92 Å². The monoisotopic (exact) mass is 457 g/mol. The molecule has 1 heterocycles. The van der Waals surface area contributed by atoms with Crippen molar-refractivity contribution in [1.29, 1.82) is 0 Å². The van der Waals surface area contributed by atoms with E-state index in [1.54, 1.807) is 24.3 Å². The molecule has 0 radical (unpaired) electrons. The fourth-order valence-electron chi connectivity index (χ4n) is 2.62. The molecule has 0 aliphatic carbocycles. The number of halogens is 1. The first-order valence-corrected chi connectivity index (χ1v) is 10.5. The van der Waals surface area contributed by atoms with Crippen molar-refractivity contribution in [3.05, 3.63) is 70.3 Å². The number of carbonyl (C=O) groups is 2. The van der Waals surface area contributed by atoms with Crippen molar-refractivity contribution in [2.45, 2.75) is 12.1 Å². The van der Waals surface area contributed by atoms with Crippen molar-refractivity contribution in [3.8, 4) is 5.75 Å². The highest BCUT2D eigenvalue weighted by molar-refractivity contribution is 7.99. The van der Waals surface area contributed by atoms with E-state index in [9.17, 15) is 18.8 Å². The first kappa shape index (κ1) is 22.8. The minimum absolute atomic E-state index is 0.0515. The number of hydrogen-bond acceptors (Lipinski definition) is 7. The number of amides is 2. The second-order valence-corrected chi connectivity index (χ2v) is 7.32. The summed E-state index contributed by atoms with van der Waals surface area (Å²) in [6, 6.07) is 11.8. The average molecular weight is 457 g/mol. The van der Waals surface area contributed by atoms with E-state index >= 15 is 0 Å². The van der Waals surface area contributed by atoms with Gasteiger partial charge >= 0.3 is 0 Å². The first-order valence-electron chi connectivity index (χ1n) is 9.48. The quantitative estimate of drug-likeness (QED) is 0.301. The molecule has 0 atom stereocenters. The lowest BCUT2D eigenvalue weighted by Crippen LogP contribution is -2.23. The van der Waals surface area contributed by atoms with Crippen LogP contribution in [-0.4, -0.2) is 34.1 Å². The zero-order valence-electron chi connectivity index (χ0n) is 17.0. The number of ether oxygens (including phenoxy) is 1. The molecule has 0 unspecified atom stereocenters. The zero-order valence-corrected chi connectivity index (χ0v) is 17.8. The second-order valence-electron chi connectivity index (χ2n) is 6.36. The van der Waals surface area contributed by atoms with E-state index in [4.69, 9.17) is 10.5 Å². The van der Waals surface area contributed by atoms with Crippen molar-refractivity contribution in [3.63, 3.8) is 0 Å². The van der Waals surface area contributed by atoms with Gasteiger partial charge in [-0.15, -0.1) is 0 Å². The summed E-state index contributed by atoms with van der Waals surface area (Å²) in [5.41, 5.74) is 5.57. The SMILES string of the molecule is CCOc1ccccc1NC(=O)CSc1nc(N)c(NC(=O)c2ccc(F)cc2)c(=O)[nH]1. The van der Waals surface area contributed by atoms with Crippen LogP contribution in [0.1, 0.15) is 17.3 Å². The largest absolute Gasteiger partial charge is 0.492 e. The van der Waals surface area contributed by atoms with Crippen LogP contribution in [0.15, 0.2) is 58.5 Å². The molecule has 3 aromatic rings. The summed E-state index contributed by atoms with van der Waals surface area (Å²) in [7, 11) is 0. The van der Waals surface area contributed by atoms with Crippen LogP contribution in [0.4, 0.5) is 21.6 Å². The Morgan fingerprint density at radius 1 is 1.16 bits per heavy atom. The Hall–Kier alpha value is -3.86. The van der Waals surface area contributed by atoms with Crippen LogP contribution in [0.5, 0.6) is 5.75 Å². The number of nitrogen functional groups attached to an aromatic ring is 1. The van der Waals surface area contributed by atoms with E-state index in [1.165, 1.54) is 12.1 Å². The molecule has 5 N–H and O–H groups in total. The Balaban J connectivity index is 1.64. The Kier molecular flexibility index (Phi) is 7.45. The van der Waals surface area contributed by atoms with Crippen molar-refractivity contribution in [2.24, 2.45) is 0 Å². The number of nitrogens with one attached hydrogen (secondary N) is 3. The van der Waals surface area contributed by atoms with E-state index in [0.29, 0.717) is 18.0 Å². The summed E-state index contributed by atoms with van der Waals surface area (Å²) in [5, 5.41) is 5.21. The first-order chi connectivity index (χ1) is 15.4. The van der Waals surface area contributed by atoms with E-state index < -0.39 is 17.3 Å². The summed E-state index contributed by atoms with van der Waals surface area (Å²) in [6.07, 6.45) is 0. The average Bonchev–Trinajstić information content (AvgIpc) is 2.77. The van der Waals surface area contributed by atoms with Crippen molar-refractivity contribution in [2.75, 3.05) is 28.7 Å². The predicted octanol–water partition coefficient (Wildman–Crippen LogP) is 2.87. The third kappa shape index (κ3) is 5.85. The van der Waals surface area contributed by atoms with Gasteiger partial charge in [-0.3, -0.25) is 19.4 Å². The highest BCUT2D eigenvalue weighted by atomic mass is 32.2. The fraction of sp³-hybridized carbons (Fsp3) is 0.143. The molecule has 0 spiro atoms. The van der Waals surface area contributed by atoms with Crippen molar-refractivity contribution < 1.29 is 18.7 Å². The van der Waals surface area contributed by atoms with Gasteiger partial charge in [0.2, 0.25) is 5.91 Å². The number of aromatic amines is 1. The van der Waals surface area contributed by atoms with Gasteiger partial charge in [0.15, 0.2) is 11.0 Å². The third-order valence-corrected chi connectivity index (χ3v) is 4.94. The van der Waals surface area contributed by atoms with Crippen molar-refractivity contribution >= 4 is 40.8 Å². The zero-order chi connectivity index (χ0) is 23.1. The normalized spacial score (nSPS) is 10.4. The maximum absolute atomic E-state index is 13.0. The van der Waals surface area contributed by atoms with Gasteiger partial charge in [-0.2, -0.15) is 0 Å². The van der Waals surface area contributed by atoms with Gasteiger partial charge < -0.3 is 21.1 Å². The topological polar surface area (TPSA) is 139 Å². The molecule has 1 aromatic heterocycles. The van der Waals surface area contributed by atoms with Crippen LogP contribution in [0, 0.1) is 5.82 Å². The summed E-state index contributed by atoms with van der Waals surface area (Å²) in [6.45, 7) is 2.29. The van der Waals surface area contributed by atoms with E-state index in [0.717, 1.165) is 23.9 Å². The number of thioether (sulfide) groups is 1. The Morgan fingerprint density at radius 2 is 1.88 bits per heavy atom. The number of carbonyl (C=O) groups excluding carboxylic acids is 2. The number of nitrogens with zero attached hydrogens (tertiary/aromatic N) is 1. The van der Waals surface area contributed by atoms with Crippen LogP contribution in [0.2, 0.25) is 0 Å². The smallest absolute Gasteiger partial charge is 0.277 e. The highest BCUT2D eigenvalue weighted by Gasteiger charge is 2.15. The molecule has 0 aliphatic heterocycles. The minimum Gasteiger partial charge on any atom is -0.492 e. The van der Waals surface area contributed by atoms with Gasteiger partial charge in [0.1, 0.15) is 17.3 Å². The number of para-hydroxylation sites is 2. The third-order valence-electron chi connectivity index (χ3n) is 4.07. The number of nitrogens with two attached hydrogens (primary N) is 1. The number of H-pyrrole nitrogens is 1. The van der Waals surface area contributed by atoms with Gasteiger partial charge in [0.25, 0.3) is 11.5 Å². The molecule has 166 valence electrons. The molecule has 2 amide bonds. The molecular formula is C21H20FN5O4S. The number of anilines is 3. The highest BCUT2D eigenvalue weighted by Crippen LogP contribution is 2.24. The lowest BCUT2D eigenvalue weighted by atomic mass is 10.2. The summed E-state index contributed by atoms with van der Waals surface area (Å²) < 4.78 is 18.5. The maximum atomic E-state index is 13.0. The molecule has 32 heavy (non-hydrogen) atoms. The van der Waals surface area contributed by atoms with Crippen LogP contribution >= 0.6 is 11.8 Å². The fourth-order valence-corrected chi connectivity index (χ4v) is 3.28. The van der Waals surface area contributed by atoms with Crippen LogP contribution < -0.4 is 26.7 Å². The molecule has 0 saturated carbocycles. The summed E-state index contributed by atoms with van der Waals surface area (Å²) >= 11 is 0.967. The van der Waals surface area contributed by atoms with Gasteiger partial charge in [-0.25, -0.2) is 9.37 Å². The lowest BCUT2D eigenvalue weighted by Gasteiger charge is -2.11. The molecule has 2 aromatic carbocycles. The van der Waals surface area contributed by atoms with Crippen LogP contribution in [-0.2, 0) is 4.79 Å². The van der Waals surface area contributed by atoms with Crippen LogP contribution in [0.25, 0.3) is 0 Å². The molecule has 11 heteroatoms. The predicted molar refractivity (Wildman–Crippen MR) is 121 cm³/mol. The summed E-state index contributed by atoms with van der Waals surface area (Å²) in [4.78, 5) is 43.4. The summed E-state index contributed by atoms with van der Waals surface area (Å²) in [5.74, 6) is -1.19. The van der Waals surface area contributed by atoms with Gasteiger partial charge in [-0.1, -0.05) is 23.9 Å². The van der Waals surface area contributed by atoms with E-state index in [2.05, 4.69) is 20.6 Å². The standard InChI is InChI=1S/C21H20FN5O4S/c1-2-31-15-6-4-3-5-14(15)24-16(28)11-32-21-26-18(23)17(20(30)27-21)25-19(29)12-7-9-13(22)10-8-12/h3-10H,2,11H2,1H3,(H,24,28)(H,25,29)(H3,23,26,27,30). The second kappa shape index (κ2) is 10.4. The molecular weight excluding hydrogens is 437 g/mol. The Labute approximate surface area is 186 Å². The molecule has 0 fully saturated rings. The molecule has 0 saturated heterocycles. The van der Waals surface area contributed by atoms with Gasteiger partial charge in [-0.05, 0) is 43.3 Å². The Morgan fingerprint density at radius 3 is 2.56 bits per heavy atom. The number of hydrogen-bond donors (Lipinski definition) is 4. The molecule has 0 aliphatic rings. The van der Waals surface area contributed by atoms with Crippen LogP contribution in [0.3, 0.4) is 0 Å². The molecule has 3 rings (SSSR count). The number of aromatic nitrogens is 2. The van der Waals surface area contributed by atoms with Gasteiger partial charge in [0.05, 0.1) is 18.0 Å². The number of rotatable bonds is 8. The molecule has 0 bridgehead atoms.